The van der Waals surface area contributed by atoms with E-state index in [0.29, 0.717) is 12.3 Å². The van der Waals surface area contributed by atoms with Gasteiger partial charge in [-0.25, -0.2) is 0 Å². The van der Waals surface area contributed by atoms with E-state index >= 15 is 0 Å². The Morgan fingerprint density at radius 1 is 1.53 bits per heavy atom. The van der Waals surface area contributed by atoms with Gasteiger partial charge in [-0.15, -0.1) is 0 Å². The summed E-state index contributed by atoms with van der Waals surface area (Å²) < 4.78 is 11.7. The molecule has 0 aliphatic rings. The Morgan fingerprint density at radius 3 is 2.74 bits per heavy atom. The van der Waals surface area contributed by atoms with E-state index in [-0.39, 0.29) is 11.7 Å². The highest BCUT2D eigenvalue weighted by Gasteiger charge is 2.10. The summed E-state index contributed by atoms with van der Waals surface area (Å²) in [5.74, 6) is 0.676. The Morgan fingerprint density at radius 2 is 2.21 bits per heavy atom. The molecule has 0 saturated heterocycles. The first kappa shape index (κ1) is 16.3. The van der Waals surface area contributed by atoms with Crippen molar-refractivity contribution in [2.45, 2.75) is 25.9 Å². The Balaban J connectivity index is 2.53. The molecule has 1 aromatic carbocycles. The van der Waals surface area contributed by atoms with Crippen LogP contribution in [0.15, 0.2) is 22.7 Å². The average Bonchev–Trinajstić information content (AvgIpc) is 2.34. The fourth-order valence-electron chi connectivity index (χ4n) is 1.52. The number of hydrogen-bond acceptors (Lipinski definition) is 4. The Labute approximate surface area is 123 Å². The van der Waals surface area contributed by atoms with Crippen molar-refractivity contribution in [3.63, 3.8) is 0 Å². The lowest BCUT2D eigenvalue weighted by Gasteiger charge is -2.13. The van der Waals surface area contributed by atoms with Crippen LogP contribution in [0.1, 0.15) is 18.9 Å². The summed E-state index contributed by atoms with van der Waals surface area (Å²) in [6, 6.07) is 4.99. The number of hydrogen-bond donors (Lipinski definition) is 1. The van der Waals surface area contributed by atoms with Crippen LogP contribution in [0.5, 0.6) is 0 Å². The van der Waals surface area contributed by atoms with Crippen LogP contribution < -0.4 is 5.32 Å². The minimum Gasteiger partial charge on any atom is -0.310 e. The molecule has 7 heteroatoms. The molecule has 19 heavy (non-hydrogen) atoms. The minimum absolute atomic E-state index is 0.0741. The zero-order valence-electron chi connectivity index (χ0n) is 10.9. The van der Waals surface area contributed by atoms with Gasteiger partial charge in [0.1, 0.15) is 0 Å². The number of nitro benzene ring substituents is 1. The zero-order valence-corrected chi connectivity index (χ0v) is 13.3. The van der Waals surface area contributed by atoms with Crippen molar-refractivity contribution in [2.75, 3.05) is 12.0 Å². The van der Waals surface area contributed by atoms with E-state index in [0.717, 1.165) is 16.5 Å². The second-order valence-corrected chi connectivity index (χ2v) is 6.79. The molecule has 0 heterocycles. The first-order valence-corrected chi connectivity index (χ1v) is 8.38. The average molecular weight is 349 g/mol. The normalized spacial score (nSPS) is 14.1. The summed E-state index contributed by atoms with van der Waals surface area (Å²) in [5.41, 5.74) is 1.04. The molecule has 1 aromatic rings. The maximum Gasteiger partial charge on any atom is 0.270 e. The Kier molecular flexibility index (Phi) is 6.60. The molecule has 0 radical (unpaired) electrons. The van der Waals surface area contributed by atoms with Gasteiger partial charge in [0.15, 0.2) is 0 Å². The molecular formula is C12H17BrN2O3S. The van der Waals surface area contributed by atoms with E-state index < -0.39 is 15.7 Å². The minimum atomic E-state index is -0.771. The van der Waals surface area contributed by atoms with Gasteiger partial charge in [-0.1, -0.05) is 15.9 Å². The van der Waals surface area contributed by atoms with Crippen LogP contribution in [0.3, 0.4) is 0 Å². The summed E-state index contributed by atoms with van der Waals surface area (Å²) in [6.45, 7) is 2.66. The van der Waals surface area contributed by atoms with Crippen LogP contribution in [0.25, 0.3) is 0 Å². The molecule has 2 atom stereocenters. The monoisotopic (exact) mass is 348 g/mol. The number of rotatable bonds is 7. The van der Waals surface area contributed by atoms with Gasteiger partial charge in [-0.3, -0.25) is 14.3 Å². The SMILES string of the molecule is CC(CCS(C)=O)NCc1ccc([N+](=O)[O-])cc1Br. The second kappa shape index (κ2) is 7.72. The maximum absolute atomic E-state index is 11.0. The third kappa shape index (κ3) is 5.80. The molecule has 0 fully saturated rings. The number of nitrogens with one attached hydrogen (secondary N) is 1. The quantitative estimate of drug-likeness (QED) is 0.607. The lowest BCUT2D eigenvalue weighted by atomic mass is 10.2. The van der Waals surface area contributed by atoms with Crippen molar-refractivity contribution in [1.82, 2.24) is 5.32 Å². The van der Waals surface area contributed by atoms with Gasteiger partial charge in [0.05, 0.1) is 4.92 Å². The first-order chi connectivity index (χ1) is 8.90. The van der Waals surface area contributed by atoms with Crippen molar-refractivity contribution >= 4 is 32.4 Å². The Bertz CT molecular complexity index is 482. The van der Waals surface area contributed by atoms with Gasteiger partial charge in [-0.05, 0) is 25.0 Å². The Hall–Kier alpha value is -0.790. The predicted octanol–water partition coefficient (Wildman–Crippen LogP) is 2.60. The zero-order chi connectivity index (χ0) is 14.4. The summed E-state index contributed by atoms with van der Waals surface area (Å²) in [5, 5.41) is 13.9. The fourth-order valence-corrected chi connectivity index (χ4v) is 2.71. The van der Waals surface area contributed by atoms with Crippen LogP contribution in [-0.4, -0.2) is 27.2 Å². The number of non-ortho nitro benzene ring substituents is 1. The number of halogens is 1. The van der Waals surface area contributed by atoms with E-state index in [1.54, 1.807) is 12.3 Å². The van der Waals surface area contributed by atoms with Crippen LogP contribution in [-0.2, 0) is 17.3 Å². The first-order valence-electron chi connectivity index (χ1n) is 5.86. The summed E-state index contributed by atoms with van der Waals surface area (Å²) in [6.07, 6.45) is 2.54. The second-order valence-electron chi connectivity index (χ2n) is 4.38. The highest BCUT2D eigenvalue weighted by atomic mass is 79.9. The third-order valence-corrected chi connectivity index (χ3v) is 4.28. The van der Waals surface area contributed by atoms with E-state index in [9.17, 15) is 14.3 Å². The largest absolute Gasteiger partial charge is 0.310 e. The van der Waals surface area contributed by atoms with Crippen molar-refractivity contribution in [3.05, 3.63) is 38.3 Å². The lowest BCUT2D eigenvalue weighted by Crippen LogP contribution is -2.27. The molecule has 0 spiro atoms. The topological polar surface area (TPSA) is 72.2 Å². The lowest BCUT2D eigenvalue weighted by molar-refractivity contribution is -0.384. The molecule has 106 valence electrons. The third-order valence-electron chi connectivity index (χ3n) is 2.73. The summed E-state index contributed by atoms with van der Waals surface area (Å²) in [7, 11) is -0.771. The van der Waals surface area contributed by atoms with Gasteiger partial charge < -0.3 is 5.32 Å². The molecular weight excluding hydrogens is 332 g/mol. The standard InChI is InChI=1S/C12H17BrN2O3S/c1-9(5-6-19(2)18)14-8-10-3-4-11(15(16)17)7-12(10)13/h3-4,7,9,14H,5-6,8H2,1-2H3. The fraction of sp³-hybridized carbons (Fsp3) is 0.500. The highest BCUT2D eigenvalue weighted by molar-refractivity contribution is 9.10. The van der Waals surface area contributed by atoms with Gasteiger partial charge >= 0.3 is 0 Å². The van der Waals surface area contributed by atoms with Crippen molar-refractivity contribution < 1.29 is 9.13 Å². The molecule has 0 bridgehead atoms. The smallest absolute Gasteiger partial charge is 0.270 e. The number of nitrogens with zero attached hydrogens (tertiary/aromatic N) is 1. The van der Waals surface area contributed by atoms with Crippen molar-refractivity contribution in [3.8, 4) is 0 Å². The van der Waals surface area contributed by atoms with E-state index in [1.165, 1.54) is 12.1 Å². The molecule has 0 aliphatic carbocycles. The molecule has 0 saturated carbocycles. The van der Waals surface area contributed by atoms with Crippen molar-refractivity contribution in [2.24, 2.45) is 0 Å². The van der Waals surface area contributed by atoms with Gasteiger partial charge in [0.2, 0.25) is 0 Å². The van der Waals surface area contributed by atoms with E-state index in [1.807, 2.05) is 6.92 Å². The molecule has 0 amide bonds. The number of benzene rings is 1. The van der Waals surface area contributed by atoms with Crippen LogP contribution >= 0.6 is 15.9 Å². The molecule has 0 aromatic heterocycles. The van der Waals surface area contributed by atoms with Gasteiger partial charge in [-0.2, -0.15) is 0 Å². The van der Waals surface area contributed by atoms with Gasteiger partial charge in [0, 0.05) is 52.0 Å². The summed E-state index contributed by atoms with van der Waals surface area (Å²) in [4.78, 5) is 10.2. The molecule has 5 nitrogen and oxygen atoms in total. The molecule has 1 rings (SSSR count). The van der Waals surface area contributed by atoms with E-state index in [4.69, 9.17) is 0 Å². The van der Waals surface area contributed by atoms with E-state index in [2.05, 4.69) is 21.2 Å². The molecule has 2 unspecified atom stereocenters. The number of nitro groups is 1. The van der Waals surface area contributed by atoms with Crippen LogP contribution in [0.4, 0.5) is 5.69 Å². The van der Waals surface area contributed by atoms with Gasteiger partial charge in [0.25, 0.3) is 5.69 Å². The molecule has 1 N–H and O–H groups in total. The van der Waals surface area contributed by atoms with Crippen molar-refractivity contribution in [1.29, 1.82) is 0 Å². The summed E-state index contributed by atoms with van der Waals surface area (Å²) >= 11 is 3.33. The predicted molar refractivity (Wildman–Crippen MR) is 80.6 cm³/mol. The highest BCUT2D eigenvalue weighted by Crippen LogP contribution is 2.22. The van der Waals surface area contributed by atoms with Crippen LogP contribution in [0.2, 0.25) is 0 Å². The maximum atomic E-state index is 11.0. The molecule has 0 aliphatic heterocycles. The van der Waals surface area contributed by atoms with Crippen LogP contribution in [0, 0.1) is 10.1 Å².